The van der Waals surface area contributed by atoms with E-state index in [0.717, 1.165) is 17.2 Å². The zero-order valence-corrected chi connectivity index (χ0v) is 13.9. The lowest BCUT2D eigenvalue weighted by molar-refractivity contribution is 0.297. The fourth-order valence-electron chi connectivity index (χ4n) is 2.88. The molecule has 1 fully saturated rings. The number of hydrogen-bond donors (Lipinski definition) is 1. The van der Waals surface area contributed by atoms with Crippen LogP contribution in [0.2, 0.25) is 0 Å². The number of rotatable bonds is 5. The average molecular weight is 330 g/mol. The molecule has 0 spiro atoms. The van der Waals surface area contributed by atoms with E-state index in [1.807, 2.05) is 25.4 Å². The minimum atomic E-state index is -0.0645. The summed E-state index contributed by atoms with van der Waals surface area (Å²) in [4.78, 5) is 21.5. The molecule has 3 aromatic rings. The van der Waals surface area contributed by atoms with Crippen molar-refractivity contribution in [3.05, 3.63) is 39.3 Å². The van der Waals surface area contributed by atoms with E-state index in [1.165, 1.54) is 24.2 Å². The molecule has 1 saturated carbocycles. The van der Waals surface area contributed by atoms with Crippen molar-refractivity contribution in [2.24, 2.45) is 0 Å². The molecule has 8 heteroatoms. The first kappa shape index (κ1) is 14.5. The van der Waals surface area contributed by atoms with Gasteiger partial charge < -0.3 is 9.55 Å². The fraction of sp³-hybridized carbons (Fsp3) is 0.467. The zero-order chi connectivity index (χ0) is 16.0. The number of aromatic nitrogens is 5. The number of fused-ring (bicyclic) bond motifs is 1. The van der Waals surface area contributed by atoms with E-state index >= 15 is 0 Å². The Balaban J connectivity index is 1.53. The lowest BCUT2D eigenvalue weighted by Crippen LogP contribution is -2.23. The first-order valence-electron chi connectivity index (χ1n) is 7.67. The number of aryl methyl sites for hydroxylation is 1. The molecule has 1 aliphatic carbocycles. The Morgan fingerprint density at radius 3 is 3.00 bits per heavy atom. The highest BCUT2D eigenvalue weighted by Gasteiger charge is 2.28. The Hall–Kier alpha value is -2.06. The van der Waals surface area contributed by atoms with E-state index in [2.05, 4.69) is 29.6 Å². The normalized spacial score (nSPS) is 14.9. The molecule has 1 N–H and O–H groups in total. The number of hydrogen-bond acceptors (Lipinski definition) is 6. The molecule has 0 unspecified atom stereocenters. The fourth-order valence-corrected chi connectivity index (χ4v) is 3.60. The second kappa shape index (κ2) is 5.54. The predicted octanol–water partition coefficient (Wildman–Crippen LogP) is 1.85. The maximum atomic E-state index is 12.0. The molecule has 0 amide bonds. The van der Waals surface area contributed by atoms with E-state index in [1.54, 1.807) is 0 Å². The van der Waals surface area contributed by atoms with Crippen LogP contribution < -0.4 is 5.56 Å². The minimum absolute atomic E-state index is 0.0645. The minimum Gasteiger partial charge on any atom is -0.311 e. The van der Waals surface area contributed by atoms with Crippen LogP contribution in [0.1, 0.15) is 36.4 Å². The molecule has 1 aliphatic rings. The van der Waals surface area contributed by atoms with Crippen LogP contribution in [0.5, 0.6) is 0 Å². The zero-order valence-electron chi connectivity index (χ0n) is 13.1. The quantitative estimate of drug-likeness (QED) is 0.772. The summed E-state index contributed by atoms with van der Waals surface area (Å²) >= 11 is 1.42. The van der Waals surface area contributed by atoms with Crippen LogP contribution in [-0.2, 0) is 13.1 Å². The van der Waals surface area contributed by atoms with Crippen LogP contribution in [-0.4, -0.2) is 36.7 Å². The van der Waals surface area contributed by atoms with Gasteiger partial charge in [-0.15, -0.1) is 21.5 Å². The van der Waals surface area contributed by atoms with Crippen molar-refractivity contribution in [2.45, 2.75) is 38.9 Å². The van der Waals surface area contributed by atoms with Crippen LogP contribution in [0.15, 0.2) is 16.2 Å². The van der Waals surface area contributed by atoms with Crippen molar-refractivity contribution >= 4 is 21.6 Å². The molecule has 3 aromatic heterocycles. The number of thiophene rings is 1. The van der Waals surface area contributed by atoms with Crippen molar-refractivity contribution in [3.8, 4) is 0 Å². The van der Waals surface area contributed by atoms with Gasteiger partial charge in [0.2, 0.25) is 0 Å². The van der Waals surface area contributed by atoms with Crippen molar-refractivity contribution in [1.82, 2.24) is 29.6 Å². The highest BCUT2D eigenvalue weighted by atomic mass is 32.1. The summed E-state index contributed by atoms with van der Waals surface area (Å²) in [6.45, 7) is 3.25. The van der Waals surface area contributed by atoms with Crippen molar-refractivity contribution in [3.63, 3.8) is 0 Å². The van der Waals surface area contributed by atoms with Gasteiger partial charge in [-0.2, -0.15) is 0 Å². The number of nitrogens with one attached hydrogen (secondary N) is 1. The predicted molar refractivity (Wildman–Crippen MR) is 88.4 cm³/mol. The average Bonchev–Trinajstić information content (AvgIpc) is 3.09. The Bertz CT molecular complexity index is 906. The third kappa shape index (κ3) is 2.79. The molecule has 3 heterocycles. The summed E-state index contributed by atoms with van der Waals surface area (Å²) in [5.41, 5.74) is 0.699. The Morgan fingerprint density at radius 1 is 1.39 bits per heavy atom. The molecule has 0 bridgehead atoms. The highest BCUT2D eigenvalue weighted by Crippen LogP contribution is 2.36. The number of H-pyrrole nitrogens is 1. The van der Waals surface area contributed by atoms with Crippen LogP contribution in [0.25, 0.3) is 10.2 Å². The summed E-state index contributed by atoms with van der Waals surface area (Å²) in [7, 11) is 2.00. The summed E-state index contributed by atoms with van der Waals surface area (Å²) in [6.07, 6.45) is 2.42. The SMILES string of the molecule is Cc1nnc(CN(C)Cc2nc3ccsc3c(=O)[nH]2)n1C1CC1. The topological polar surface area (TPSA) is 79.7 Å². The number of aromatic amines is 1. The lowest BCUT2D eigenvalue weighted by Gasteiger charge is -2.16. The Labute approximate surface area is 137 Å². The van der Waals surface area contributed by atoms with Crippen molar-refractivity contribution < 1.29 is 0 Å². The van der Waals surface area contributed by atoms with E-state index in [0.29, 0.717) is 29.7 Å². The monoisotopic (exact) mass is 330 g/mol. The maximum Gasteiger partial charge on any atom is 0.268 e. The molecule has 0 aromatic carbocycles. The molecule has 4 rings (SSSR count). The van der Waals surface area contributed by atoms with E-state index < -0.39 is 0 Å². The first-order valence-corrected chi connectivity index (χ1v) is 8.55. The molecule has 0 aliphatic heterocycles. The van der Waals surface area contributed by atoms with Gasteiger partial charge in [-0.3, -0.25) is 9.69 Å². The van der Waals surface area contributed by atoms with Crippen LogP contribution >= 0.6 is 11.3 Å². The van der Waals surface area contributed by atoms with Crippen molar-refractivity contribution in [2.75, 3.05) is 7.05 Å². The maximum absolute atomic E-state index is 12.0. The van der Waals surface area contributed by atoms with E-state index in [9.17, 15) is 4.79 Å². The molecule has 0 radical (unpaired) electrons. The third-order valence-electron chi connectivity index (χ3n) is 4.04. The summed E-state index contributed by atoms with van der Waals surface area (Å²) in [5.74, 6) is 2.63. The van der Waals surface area contributed by atoms with E-state index in [-0.39, 0.29) is 5.56 Å². The third-order valence-corrected chi connectivity index (χ3v) is 4.95. The Kier molecular flexibility index (Phi) is 3.50. The van der Waals surface area contributed by atoms with Gasteiger partial charge >= 0.3 is 0 Å². The summed E-state index contributed by atoms with van der Waals surface area (Å²) < 4.78 is 2.91. The Morgan fingerprint density at radius 2 is 2.22 bits per heavy atom. The molecule has 23 heavy (non-hydrogen) atoms. The van der Waals surface area contributed by atoms with Crippen LogP contribution in [0, 0.1) is 6.92 Å². The van der Waals surface area contributed by atoms with Gasteiger partial charge in [-0.25, -0.2) is 4.98 Å². The van der Waals surface area contributed by atoms with Gasteiger partial charge in [0, 0.05) is 6.04 Å². The van der Waals surface area contributed by atoms with Gasteiger partial charge in [0.1, 0.15) is 22.2 Å². The molecule has 7 nitrogen and oxygen atoms in total. The lowest BCUT2D eigenvalue weighted by atomic mass is 10.4. The second-order valence-corrected chi connectivity index (χ2v) is 7.00. The number of nitrogens with zero attached hydrogens (tertiary/aromatic N) is 5. The standard InChI is InChI=1S/C15H18N6OS/c1-9-18-19-13(21(9)10-3-4-10)8-20(2)7-12-16-11-5-6-23-14(11)15(22)17-12/h5-6,10H,3-4,7-8H2,1-2H3,(H,16,17,22). The largest absolute Gasteiger partial charge is 0.311 e. The summed E-state index contributed by atoms with van der Waals surface area (Å²) in [6, 6.07) is 2.44. The van der Waals surface area contributed by atoms with Crippen LogP contribution in [0.3, 0.4) is 0 Å². The van der Waals surface area contributed by atoms with Crippen molar-refractivity contribution in [1.29, 1.82) is 0 Å². The van der Waals surface area contributed by atoms with Crippen LogP contribution in [0.4, 0.5) is 0 Å². The summed E-state index contributed by atoms with van der Waals surface area (Å²) in [5, 5.41) is 10.4. The van der Waals surface area contributed by atoms with E-state index in [4.69, 9.17) is 0 Å². The smallest absolute Gasteiger partial charge is 0.268 e. The molecular formula is C15H18N6OS. The van der Waals surface area contributed by atoms with Gasteiger partial charge in [-0.1, -0.05) is 0 Å². The first-order chi connectivity index (χ1) is 11.1. The molecular weight excluding hydrogens is 312 g/mol. The van der Waals surface area contributed by atoms with Gasteiger partial charge in [0.05, 0.1) is 18.6 Å². The molecule has 0 atom stereocenters. The van der Waals surface area contributed by atoms with Gasteiger partial charge in [0.15, 0.2) is 0 Å². The molecule has 120 valence electrons. The highest BCUT2D eigenvalue weighted by molar-refractivity contribution is 7.17. The van der Waals surface area contributed by atoms with Gasteiger partial charge in [-0.05, 0) is 38.3 Å². The van der Waals surface area contributed by atoms with Gasteiger partial charge in [0.25, 0.3) is 5.56 Å². The molecule has 0 saturated heterocycles. The second-order valence-electron chi connectivity index (χ2n) is 6.08.